The van der Waals surface area contributed by atoms with Crippen LogP contribution in [-0.4, -0.2) is 136 Å². The van der Waals surface area contributed by atoms with Gasteiger partial charge in [0.2, 0.25) is 0 Å². The summed E-state index contributed by atoms with van der Waals surface area (Å²) in [5.74, 6) is 2.62. The van der Waals surface area contributed by atoms with Gasteiger partial charge in [0.05, 0.1) is 30.5 Å². The van der Waals surface area contributed by atoms with Crippen molar-refractivity contribution in [2.45, 2.75) is 121 Å². The number of hydrogen-bond acceptors (Lipinski definition) is 7. The number of likely N-dealkylation sites (tertiary alicyclic amines) is 4. The Labute approximate surface area is 264 Å². The van der Waals surface area contributed by atoms with Gasteiger partial charge in [0.25, 0.3) is 0 Å². The summed E-state index contributed by atoms with van der Waals surface area (Å²) >= 11 is 0. The van der Waals surface area contributed by atoms with Crippen molar-refractivity contribution in [2.24, 2.45) is 23.2 Å². The van der Waals surface area contributed by atoms with E-state index in [1.54, 1.807) is 0 Å². The smallest absolute Gasteiger partial charge is 0.0628 e. The second kappa shape index (κ2) is 15.1. The van der Waals surface area contributed by atoms with E-state index < -0.39 is 0 Å². The molecule has 0 spiro atoms. The SMILES string of the molecule is COC1CC(OC2CCN(CC3CCN(CC(C)(C)C4CC(OC5CCN(CC6CCN(C)CC6)CC5)C4)CC3)CC2)C1. The largest absolute Gasteiger partial charge is 0.381 e. The van der Waals surface area contributed by atoms with Crippen molar-refractivity contribution >= 4 is 0 Å². The van der Waals surface area contributed by atoms with E-state index in [9.17, 15) is 0 Å². The van der Waals surface area contributed by atoms with Crippen molar-refractivity contribution < 1.29 is 14.2 Å². The third-order valence-corrected chi connectivity index (χ3v) is 12.6. The molecule has 0 radical (unpaired) electrons. The molecule has 0 N–H and O–H groups in total. The molecule has 2 saturated carbocycles. The van der Waals surface area contributed by atoms with Crippen LogP contribution in [-0.2, 0) is 14.2 Å². The Morgan fingerprint density at radius 1 is 0.535 bits per heavy atom. The highest BCUT2D eigenvalue weighted by molar-refractivity contribution is 4.94. The second-order valence-electron chi connectivity index (χ2n) is 16.5. The molecule has 6 fully saturated rings. The second-order valence-corrected chi connectivity index (χ2v) is 16.5. The van der Waals surface area contributed by atoms with Gasteiger partial charge in [-0.25, -0.2) is 0 Å². The summed E-state index contributed by atoms with van der Waals surface area (Å²) in [6, 6.07) is 0. The fourth-order valence-electron chi connectivity index (χ4n) is 9.14. The Morgan fingerprint density at radius 2 is 0.977 bits per heavy atom. The monoisotopic (exact) mass is 603 g/mol. The Balaban J connectivity index is 0.807. The molecule has 4 heterocycles. The number of methoxy groups -OCH3 is 1. The maximum absolute atomic E-state index is 6.66. The summed E-state index contributed by atoms with van der Waals surface area (Å²) in [5, 5.41) is 0. The lowest BCUT2D eigenvalue weighted by Gasteiger charge is -2.49. The molecule has 43 heavy (non-hydrogen) atoms. The van der Waals surface area contributed by atoms with Crippen LogP contribution in [0.5, 0.6) is 0 Å². The average molecular weight is 603 g/mol. The third kappa shape index (κ3) is 9.17. The van der Waals surface area contributed by atoms with E-state index in [2.05, 4.69) is 40.5 Å². The predicted octanol–water partition coefficient (Wildman–Crippen LogP) is 4.98. The van der Waals surface area contributed by atoms with Crippen LogP contribution < -0.4 is 0 Å². The van der Waals surface area contributed by atoms with E-state index in [0.29, 0.717) is 35.9 Å². The van der Waals surface area contributed by atoms with Gasteiger partial charge in [0, 0.05) is 52.9 Å². The zero-order chi connectivity index (χ0) is 29.8. The van der Waals surface area contributed by atoms with Gasteiger partial charge in [0.1, 0.15) is 0 Å². The van der Waals surface area contributed by atoms with E-state index in [-0.39, 0.29) is 0 Å². The first-order valence-electron chi connectivity index (χ1n) is 18.5. The van der Waals surface area contributed by atoms with Gasteiger partial charge in [-0.3, -0.25) is 0 Å². The molecule has 6 aliphatic rings. The molecular weight excluding hydrogens is 536 g/mol. The minimum atomic E-state index is 0.399. The highest BCUT2D eigenvalue weighted by Crippen LogP contribution is 2.45. The van der Waals surface area contributed by atoms with Crippen LogP contribution in [0.3, 0.4) is 0 Å². The molecule has 0 bridgehead atoms. The molecule has 0 atom stereocenters. The number of ether oxygens (including phenoxy) is 3. The Hall–Kier alpha value is -0.280. The van der Waals surface area contributed by atoms with Crippen molar-refractivity contribution in [3.05, 3.63) is 0 Å². The van der Waals surface area contributed by atoms with Crippen LogP contribution in [0.25, 0.3) is 0 Å². The van der Waals surface area contributed by atoms with Gasteiger partial charge in [-0.05, 0) is 133 Å². The van der Waals surface area contributed by atoms with Crippen molar-refractivity contribution in [3.8, 4) is 0 Å². The standard InChI is InChI=1S/C36H66N4O3/c1-36(2,30-21-34(22-30)42-31-9-17-38(18-10-31)25-28-5-13-37(3)14-6-28)27-40-15-7-29(8-16-40)26-39-19-11-32(12-20-39)43-35-23-33(24-35)41-4/h28-35H,5-27H2,1-4H3. The van der Waals surface area contributed by atoms with Crippen LogP contribution >= 0.6 is 0 Å². The zero-order valence-corrected chi connectivity index (χ0v) is 28.4. The zero-order valence-electron chi connectivity index (χ0n) is 28.4. The number of rotatable bonds is 12. The Morgan fingerprint density at radius 3 is 1.47 bits per heavy atom. The van der Waals surface area contributed by atoms with Crippen molar-refractivity contribution in [2.75, 3.05) is 86.1 Å². The lowest BCUT2D eigenvalue weighted by atomic mass is 9.65. The quantitative estimate of drug-likeness (QED) is 0.312. The fourth-order valence-corrected chi connectivity index (χ4v) is 9.14. The van der Waals surface area contributed by atoms with E-state index in [1.807, 2.05) is 7.11 Å². The molecular formula is C36H66N4O3. The summed E-state index contributed by atoms with van der Waals surface area (Å²) in [5.41, 5.74) is 0.399. The maximum atomic E-state index is 6.66. The van der Waals surface area contributed by atoms with Crippen LogP contribution in [0.2, 0.25) is 0 Å². The third-order valence-electron chi connectivity index (χ3n) is 12.6. The van der Waals surface area contributed by atoms with Crippen molar-refractivity contribution in [1.82, 2.24) is 19.6 Å². The first-order valence-corrected chi connectivity index (χ1v) is 18.5. The molecule has 7 nitrogen and oxygen atoms in total. The molecule has 6 rings (SSSR count). The summed E-state index contributed by atoms with van der Waals surface area (Å²) in [7, 11) is 4.09. The lowest BCUT2D eigenvalue weighted by Crippen LogP contribution is -2.50. The molecule has 248 valence electrons. The highest BCUT2D eigenvalue weighted by Gasteiger charge is 2.43. The van der Waals surface area contributed by atoms with Gasteiger partial charge in [-0.15, -0.1) is 0 Å². The van der Waals surface area contributed by atoms with Crippen LogP contribution in [0, 0.1) is 23.2 Å². The first-order chi connectivity index (χ1) is 20.8. The minimum Gasteiger partial charge on any atom is -0.381 e. The summed E-state index contributed by atoms with van der Waals surface area (Å²) < 4.78 is 18.4. The number of piperidine rings is 4. The van der Waals surface area contributed by atoms with Gasteiger partial charge >= 0.3 is 0 Å². The molecule has 0 unspecified atom stereocenters. The first kappa shape index (κ1) is 32.7. The number of nitrogens with zero attached hydrogens (tertiary/aromatic N) is 4. The van der Waals surface area contributed by atoms with Crippen LogP contribution in [0.1, 0.15) is 90.9 Å². The summed E-state index contributed by atoms with van der Waals surface area (Å²) in [6.45, 7) is 19.1. The molecule has 2 aliphatic carbocycles. The van der Waals surface area contributed by atoms with Gasteiger partial charge in [-0.1, -0.05) is 13.8 Å². The fraction of sp³-hybridized carbons (Fsp3) is 1.00. The van der Waals surface area contributed by atoms with Gasteiger partial charge in [-0.2, -0.15) is 0 Å². The normalized spacial score (nSPS) is 34.3. The molecule has 0 aromatic carbocycles. The minimum absolute atomic E-state index is 0.399. The average Bonchev–Trinajstić information content (AvgIpc) is 2.96. The van der Waals surface area contributed by atoms with E-state index in [0.717, 1.165) is 30.6 Å². The molecule has 0 aromatic heterocycles. The van der Waals surface area contributed by atoms with E-state index in [1.165, 1.54) is 136 Å². The molecule has 4 saturated heterocycles. The van der Waals surface area contributed by atoms with Gasteiger partial charge < -0.3 is 33.8 Å². The Bertz CT molecular complexity index is 814. The molecule has 0 amide bonds. The predicted molar refractivity (Wildman–Crippen MR) is 175 cm³/mol. The van der Waals surface area contributed by atoms with E-state index in [4.69, 9.17) is 14.2 Å². The summed E-state index contributed by atoms with van der Waals surface area (Å²) in [6.07, 6.45) is 17.6. The van der Waals surface area contributed by atoms with E-state index >= 15 is 0 Å². The van der Waals surface area contributed by atoms with Crippen molar-refractivity contribution in [3.63, 3.8) is 0 Å². The lowest BCUT2D eigenvalue weighted by molar-refractivity contribution is -0.126. The van der Waals surface area contributed by atoms with Crippen LogP contribution in [0.15, 0.2) is 0 Å². The van der Waals surface area contributed by atoms with Crippen molar-refractivity contribution in [1.29, 1.82) is 0 Å². The molecule has 4 aliphatic heterocycles. The maximum Gasteiger partial charge on any atom is 0.0628 e. The van der Waals surface area contributed by atoms with Gasteiger partial charge in [0.15, 0.2) is 0 Å². The van der Waals surface area contributed by atoms with Crippen LogP contribution in [0.4, 0.5) is 0 Å². The molecule has 7 heteroatoms. The summed E-state index contributed by atoms with van der Waals surface area (Å²) in [4.78, 5) is 10.7. The molecule has 0 aromatic rings. The Kier molecular flexibility index (Phi) is 11.5. The topological polar surface area (TPSA) is 40.7 Å². The highest BCUT2D eigenvalue weighted by atomic mass is 16.5. The number of hydrogen-bond donors (Lipinski definition) is 0.